The topological polar surface area (TPSA) is 71.7 Å². The van der Waals surface area contributed by atoms with E-state index in [2.05, 4.69) is 40.7 Å². The van der Waals surface area contributed by atoms with Crippen molar-refractivity contribution in [2.75, 3.05) is 32.8 Å². The molecule has 1 atom stereocenters. The van der Waals surface area contributed by atoms with E-state index in [4.69, 9.17) is 9.26 Å². The Labute approximate surface area is 186 Å². The van der Waals surface area contributed by atoms with E-state index >= 15 is 0 Å². The smallest absolute Gasteiger partial charge is 0.232 e. The lowest BCUT2D eigenvalue weighted by Crippen LogP contribution is -2.50. The SMILES string of the molecule is CC(C)(C)c1nc(CN2CCC([C@H]3CCCCCN3C(=O)C3CCOCC3)CC2)no1. The molecule has 0 N–H and O–H groups in total. The van der Waals surface area contributed by atoms with Crippen molar-refractivity contribution in [1.29, 1.82) is 0 Å². The van der Waals surface area contributed by atoms with Crippen molar-refractivity contribution >= 4 is 5.91 Å². The fraction of sp³-hybridized carbons (Fsp3) is 0.875. The molecule has 3 aliphatic heterocycles. The number of carbonyl (C=O) groups is 1. The van der Waals surface area contributed by atoms with Crippen LogP contribution in [0.1, 0.15) is 83.9 Å². The zero-order chi connectivity index (χ0) is 21.8. The van der Waals surface area contributed by atoms with Crippen LogP contribution in [0.25, 0.3) is 0 Å². The molecule has 4 rings (SSSR count). The van der Waals surface area contributed by atoms with Gasteiger partial charge in [0.05, 0.1) is 6.54 Å². The lowest BCUT2D eigenvalue weighted by atomic mass is 9.85. The van der Waals surface area contributed by atoms with Crippen molar-refractivity contribution in [3.63, 3.8) is 0 Å². The molecule has 3 saturated heterocycles. The summed E-state index contributed by atoms with van der Waals surface area (Å²) in [4.78, 5) is 22.7. The Bertz CT molecular complexity index is 715. The predicted molar refractivity (Wildman–Crippen MR) is 119 cm³/mol. The minimum absolute atomic E-state index is 0.113. The van der Waals surface area contributed by atoms with E-state index in [0.29, 0.717) is 23.8 Å². The molecule has 1 aromatic heterocycles. The predicted octanol–water partition coefficient (Wildman–Crippen LogP) is 3.78. The molecule has 174 valence electrons. The highest BCUT2D eigenvalue weighted by molar-refractivity contribution is 5.79. The van der Waals surface area contributed by atoms with Crippen molar-refractivity contribution in [1.82, 2.24) is 19.9 Å². The van der Waals surface area contributed by atoms with Gasteiger partial charge in [-0.05, 0) is 57.5 Å². The van der Waals surface area contributed by atoms with Crippen LogP contribution in [0.15, 0.2) is 4.52 Å². The largest absolute Gasteiger partial charge is 0.381 e. The van der Waals surface area contributed by atoms with Crippen LogP contribution in [0.4, 0.5) is 0 Å². The number of amides is 1. The van der Waals surface area contributed by atoms with Crippen molar-refractivity contribution in [2.24, 2.45) is 11.8 Å². The summed E-state index contributed by atoms with van der Waals surface area (Å²) in [6.45, 7) is 11.5. The van der Waals surface area contributed by atoms with E-state index in [9.17, 15) is 4.79 Å². The van der Waals surface area contributed by atoms with Crippen LogP contribution in [0.5, 0.6) is 0 Å². The second-order valence-corrected chi connectivity index (χ2v) is 10.7. The summed E-state index contributed by atoms with van der Waals surface area (Å²) in [7, 11) is 0. The summed E-state index contributed by atoms with van der Waals surface area (Å²) in [6, 6.07) is 0.415. The number of piperidine rings is 1. The quantitative estimate of drug-likeness (QED) is 0.721. The number of likely N-dealkylation sites (tertiary alicyclic amines) is 2. The number of hydrogen-bond donors (Lipinski definition) is 0. The van der Waals surface area contributed by atoms with Gasteiger partial charge in [0.25, 0.3) is 0 Å². The van der Waals surface area contributed by atoms with Gasteiger partial charge in [0.2, 0.25) is 11.8 Å². The first-order chi connectivity index (χ1) is 14.9. The first kappa shape index (κ1) is 22.7. The number of hydrogen-bond acceptors (Lipinski definition) is 6. The highest BCUT2D eigenvalue weighted by Gasteiger charge is 2.37. The van der Waals surface area contributed by atoms with E-state index in [1.807, 2.05) is 0 Å². The van der Waals surface area contributed by atoms with Crippen LogP contribution < -0.4 is 0 Å². The summed E-state index contributed by atoms with van der Waals surface area (Å²) in [5.74, 6) is 2.67. The maximum absolute atomic E-state index is 13.4. The van der Waals surface area contributed by atoms with E-state index in [0.717, 1.165) is 77.3 Å². The molecular formula is C24H40N4O3. The molecule has 7 nitrogen and oxygen atoms in total. The van der Waals surface area contributed by atoms with Gasteiger partial charge in [0, 0.05) is 37.1 Å². The number of nitrogens with zero attached hydrogens (tertiary/aromatic N) is 4. The van der Waals surface area contributed by atoms with Crippen molar-refractivity contribution in [3.8, 4) is 0 Å². The number of ether oxygens (including phenoxy) is 1. The second-order valence-electron chi connectivity index (χ2n) is 10.7. The summed E-state index contributed by atoms with van der Waals surface area (Å²) in [6.07, 6.45) is 8.89. The molecule has 0 spiro atoms. The Hall–Kier alpha value is -1.47. The van der Waals surface area contributed by atoms with Gasteiger partial charge in [0.15, 0.2) is 5.82 Å². The third kappa shape index (κ3) is 5.67. The maximum atomic E-state index is 13.4. The monoisotopic (exact) mass is 432 g/mol. The molecule has 4 heterocycles. The van der Waals surface area contributed by atoms with E-state index in [1.54, 1.807) is 0 Å². The molecule has 0 aliphatic carbocycles. The highest BCUT2D eigenvalue weighted by atomic mass is 16.5. The third-order valence-corrected chi connectivity index (χ3v) is 7.30. The first-order valence-electron chi connectivity index (χ1n) is 12.4. The van der Waals surface area contributed by atoms with E-state index in [1.165, 1.54) is 19.3 Å². The van der Waals surface area contributed by atoms with E-state index < -0.39 is 0 Å². The lowest BCUT2D eigenvalue weighted by Gasteiger charge is -2.42. The summed E-state index contributed by atoms with van der Waals surface area (Å²) in [5, 5.41) is 4.19. The Morgan fingerprint density at radius 1 is 1.00 bits per heavy atom. The molecule has 0 radical (unpaired) electrons. The molecule has 1 aromatic rings. The van der Waals surface area contributed by atoms with Gasteiger partial charge in [-0.2, -0.15) is 4.98 Å². The van der Waals surface area contributed by atoms with Crippen LogP contribution in [-0.2, 0) is 21.5 Å². The summed E-state index contributed by atoms with van der Waals surface area (Å²) in [5.41, 5.74) is -0.113. The fourth-order valence-electron chi connectivity index (χ4n) is 5.40. The zero-order valence-electron chi connectivity index (χ0n) is 19.6. The van der Waals surface area contributed by atoms with Crippen molar-refractivity contribution in [2.45, 2.75) is 90.1 Å². The van der Waals surface area contributed by atoms with Gasteiger partial charge in [-0.1, -0.05) is 38.8 Å². The molecule has 7 heteroatoms. The second kappa shape index (κ2) is 9.99. The number of carbonyl (C=O) groups excluding carboxylic acids is 1. The van der Waals surface area contributed by atoms with Gasteiger partial charge < -0.3 is 14.2 Å². The van der Waals surface area contributed by atoms with Gasteiger partial charge >= 0.3 is 0 Å². The lowest BCUT2D eigenvalue weighted by molar-refractivity contribution is -0.142. The van der Waals surface area contributed by atoms with E-state index in [-0.39, 0.29) is 11.3 Å². The summed E-state index contributed by atoms with van der Waals surface area (Å²) >= 11 is 0. The van der Waals surface area contributed by atoms with Gasteiger partial charge in [-0.3, -0.25) is 9.69 Å². The van der Waals surface area contributed by atoms with Crippen LogP contribution in [0.2, 0.25) is 0 Å². The number of aromatic nitrogens is 2. The van der Waals surface area contributed by atoms with Crippen LogP contribution in [0.3, 0.4) is 0 Å². The van der Waals surface area contributed by atoms with Crippen LogP contribution >= 0.6 is 0 Å². The van der Waals surface area contributed by atoms with Crippen molar-refractivity contribution in [3.05, 3.63) is 11.7 Å². The molecular weight excluding hydrogens is 392 g/mol. The third-order valence-electron chi connectivity index (χ3n) is 7.30. The van der Waals surface area contributed by atoms with Gasteiger partial charge in [0.1, 0.15) is 0 Å². The Morgan fingerprint density at radius 2 is 1.74 bits per heavy atom. The fourth-order valence-corrected chi connectivity index (χ4v) is 5.40. The molecule has 31 heavy (non-hydrogen) atoms. The Kier molecular flexibility index (Phi) is 7.32. The zero-order valence-corrected chi connectivity index (χ0v) is 19.6. The molecule has 3 fully saturated rings. The average Bonchev–Trinajstić information content (AvgIpc) is 3.11. The van der Waals surface area contributed by atoms with Crippen molar-refractivity contribution < 1.29 is 14.1 Å². The maximum Gasteiger partial charge on any atom is 0.232 e. The molecule has 1 amide bonds. The Balaban J connectivity index is 1.34. The standard InChI is InChI=1S/C24H40N4O3/c1-24(2,3)23-25-21(26-31-23)17-27-13-8-18(9-14-27)20-7-5-4-6-12-28(20)22(29)19-10-15-30-16-11-19/h18-20H,4-17H2,1-3H3/t20-/m1/s1. The molecule has 0 aromatic carbocycles. The summed E-state index contributed by atoms with van der Waals surface area (Å²) < 4.78 is 11.0. The average molecular weight is 433 g/mol. The van der Waals surface area contributed by atoms with Crippen LogP contribution in [0, 0.1) is 11.8 Å². The molecule has 0 bridgehead atoms. The number of rotatable bonds is 4. The minimum atomic E-state index is -0.113. The Morgan fingerprint density at radius 3 is 2.42 bits per heavy atom. The van der Waals surface area contributed by atoms with Gasteiger partial charge in [-0.15, -0.1) is 0 Å². The normalized spacial score (nSPS) is 25.5. The van der Waals surface area contributed by atoms with Gasteiger partial charge in [-0.25, -0.2) is 0 Å². The highest BCUT2D eigenvalue weighted by Crippen LogP contribution is 2.32. The minimum Gasteiger partial charge on any atom is -0.381 e. The molecule has 3 aliphatic rings. The molecule has 0 saturated carbocycles. The van der Waals surface area contributed by atoms with Crippen LogP contribution in [-0.4, -0.2) is 64.7 Å². The first-order valence-corrected chi connectivity index (χ1v) is 12.4. The molecule has 0 unspecified atom stereocenters.